The van der Waals surface area contributed by atoms with Crippen molar-refractivity contribution < 1.29 is 14.3 Å². The van der Waals surface area contributed by atoms with Gasteiger partial charge >= 0.3 is 0 Å². The van der Waals surface area contributed by atoms with Crippen molar-refractivity contribution >= 4 is 5.91 Å². The van der Waals surface area contributed by atoms with Crippen molar-refractivity contribution in [2.75, 3.05) is 40.5 Å². The van der Waals surface area contributed by atoms with Gasteiger partial charge in [0.1, 0.15) is 0 Å². The number of hydrogen-bond donors (Lipinski definition) is 1. The quantitative estimate of drug-likeness (QED) is 0.575. The molecule has 0 aliphatic carbocycles. The Bertz CT molecular complexity index is 176. The van der Waals surface area contributed by atoms with E-state index in [1.807, 2.05) is 6.92 Å². The number of amides is 1. The summed E-state index contributed by atoms with van der Waals surface area (Å²) in [5.41, 5.74) is 5.73. The van der Waals surface area contributed by atoms with E-state index in [9.17, 15) is 4.79 Å². The molecule has 0 spiro atoms. The molecule has 0 aliphatic heterocycles. The van der Waals surface area contributed by atoms with Gasteiger partial charge in [-0.05, 0) is 6.92 Å². The van der Waals surface area contributed by atoms with Crippen LogP contribution in [0.4, 0.5) is 0 Å². The van der Waals surface area contributed by atoms with Crippen molar-refractivity contribution in [1.29, 1.82) is 0 Å². The minimum absolute atomic E-state index is 0.0509. The minimum Gasteiger partial charge on any atom is -0.383 e. The Hall–Kier alpha value is -0.650. The highest BCUT2D eigenvalue weighted by Crippen LogP contribution is 1.94. The first-order valence-electron chi connectivity index (χ1n) is 5.18. The summed E-state index contributed by atoms with van der Waals surface area (Å²) in [5, 5.41) is 0. The van der Waals surface area contributed by atoms with E-state index in [-0.39, 0.29) is 11.9 Å². The van der Waals surface area contributed by atoms with Crippen LogP contribution in [0.3, 0.4) is 0 Å². The summed E-state index contributed by atoms with van der Waals surface area (Å²) in [5.74, 6) is 0.0509. The highest BCUT2D eigenvalue weighted by Gasteiger charge is 2.12. The Kier molecular flexibility index (Phi) is 8.27. The normalized spacial score (nSPS) is 12.5. The van der Waals surface area contributed by atoms with Gasteiger partial charge in [-0.25, -0.2) is 0 Å². The Labute approximate surface area is 91.5 Å². The van der Waals surface area contributed by atoms with E-state index in [0.717, 1.165) is 0 Å². The molecular formula is C10H22N2O3. The summed E-state index contributed by atoms with van der Waals surface area (Å²) >= 11 is 0. The lowest BCUT2D eigenvalue weighted by atomic mass is 10.3. The minimum atomic E-state index is -0.129. The van der Waals surface area contributed by atoms with E-state index in [0.29, 0.717) is 32.8 Å². The Morgan fingerprint density at radius 3 is 2.73 bits per heavy atom. The van der Waals surface area contributed by atoms with Crippen LogP contribution in [0.5, 0.6) is 0 Å². The van der Waals surface area contributed by atoms with Crippen LogP contribution < -0.4 is 5.73 Å². The summed E-state index contributed by atoms with van der Waals surface area (Å²) in [4.78, 5) is 13.1. The van der Waals surface area contributed by atoms with E-state index in [1.54, 1.807) is 19.1 Å². The number of methoxy groups -OCH3 is 1. The number of nitrogens with zero attached hydrogens (tertiary/aromatic N) is 1. The number of hydrogen-bond acceptors (Lipinski definition) is 4. The second kappa shape index (κ2) is 8.64. The second-order valence-electron chi connectivity index (χ2n) is 3.44. The first-order valence-corrected chi connectivity index (χ1v) is 5.18. The Balaban J connectivity index is 3.68. The van der Waals surface area contributed by atoms with Gasteiger partial charge in [-0.1, -0.05) is 0 Å². The molecule has 1 unspecified atom stereocenters. The largest absolute Gasteiger partial charge is 0.383 e. The van der Waals surface area contributed by atoms with E-state index < -0.39 is 0 Å². The molecule has 90 valence electrons. The van der Waals surface area contributed by atoms with E-state index in [2.05, 4.69) is 0 Å². The molecule has 0 heterocycles. The molecule has 0 aliphatic rings. The second-order valence-corrected chi connectivity index (χ2v) is 3.44. The molecule has 0 aromatic heterocycles. The maximum atomic E-state index is 11.5. The lowest BCUT2D eigenvalue weighted by Gasteiger charge is -2.21. The maximum absolute atomic E-state index is 11.5. The summed E-state index contributed by atoms with van der Waals surface area (Å²) in [6.45, 7) is 3.99. The van der Waals surface area contributed by atoms with Gasteiger partial charge in [-0.2, -0.15) is 0 Å². The third-order valence-corrected chi connectivity index (χ3v) is 1.98. The zero-order chi connectivity index (χ0) is 11.7. The number of carbonyl (C=O) groups excluding carboxylic acids is 1. The van der Waals surface area contributed by atoms with Crippen LogP contribution in [0, 0.1) is 0 Å². The first-order chi connectivity index (χ1) is 7.11. The van der Waals surface area contributed by atoms with Gasteiger partial charge in [0.05, 0.1) is 19.6 Å². The van der Waals surface area contributed by atoms with Crippen molar-refractivity contribution in [3.05, 3.63) is 0 Å². The van der Waals surface area contributed by atoms with Crippen LogP contribution in [0.1, 0.15) is 13.3 Å². The molecule has 0 fully saturated rings. The molecule has 5 heteroatoms. The van der Waals surface area contributed by atoms with Gasteiger partial charge in [0.2, 0.25) is 5.91 Å². The van der Waals surface area contributed by atoms with Crippen molar-refractivity contribution in [3.8, 4) is 0 Å². The predicted octanol–water partition coefficient (Wildman–Crippen LogP) is -0.155. The summed E-state index contributed by atoms with van der Waals surface area (Å²) in [6, 6.07) is -0.129. The van der Waals surface area contributed by atoms with Crippen molar-refractivity contribution in [2.45, 2.75) is 19.4 Å². The molecule has 15 heavy (non-hydrogen) atoms. The molecule has 2 N–H and O–H groups in total. The molecule has 0 radical (unpaired) electrons. The molecule has 1 amide bonds. The number of likely N-dealkylation sites (N-methyl/N-ethyl adjacent to an activating group) is 1. The molecular weight excluding hydrogens is 196 g/mol. The topological polar surface area (TPSA) is 64.8 Å². The molecule has 1 atom stereocenters. The zero-order valence-electron chi connectivity index (χ0n) is 9.86. The first kappa shape index (κ1) is 14.3. The molecule has 0 bridgehead atoms. The number of ether oxygens (including phenoxy) is 2. The van der Waals surface area contributed by atoms with Crippen LogP contribution in [0.15, 0.2) is 0 Å². The van der Waals surface area contributed by atoms with Gasteiger partial charge in [-0.3, -0.25) is 4.79 Å². The Morgan fingerprint density at radius 2 is 2.20 bits per heavy atom. The van der Waals surface area contributed by atoms with Gasteiger partial charge < -0.3 is 20.1 Å². The van der Waals surface area contributed by atoms with Crippen LogP contribution in [-0.2, 0) is 14.3 Å². The lowest BCUT2D eigenvalue weighted by Crippen LogP contribution is -2.41. The van der Waals surface area contributed by atoms with E-state index >= 15 is 0 Å². The highest BCUT2D eigenvalue weighted by atomic mass is 16.5. The SMILES string of the molecule is CCOCCC(=O)N(C)CC(N)COC. The van der Waals surface area contributed by atoms with Crippen molar-refractivity contribution in [2.24, 2.45) is 5.73 Å². The smallest absolute Gasteiger partial charge is 0.224 e. The highest BCUT2D eigenvalue weighted by molar-refractivity contribution is 5.75. The lowest BCUT2D eigenvalue weighted by molar-refractivity contribution is -0.131. The monoisotopic (exact) mass is 218 g/mol. The average Bonchev–Trinajstić information content (AvgIpc) is 2.18. The van der Waals surface area contributed by atoms with Crippen LogP contribution in [-0.4, -0.2) is 57.4 Å². The third-order valence-electron chi connectivity index (χ3n) is 1.98. The fraction of sp³-hybridized carbons (Fsp3) is 0.900. The summed E-state index contributed by atoms with van der Waals surface area (Å²) in [7, 11) is 3.33. The molecule has 0 saturated heterocycles. The molecule has 0 rings (SSSR count). The van der Waals surface area contributed by atoms with Gasteiger partial charge in [0, 0.05) is 33.4 Å². The predicted molar refractivity (Wildman–Crippen MR) is 58.6 cm³/mol. The van der Waals surface area contributed by atoms with Gasteiger partial charge in [-0.15, -0.1) is 0 Å². The molecule has 0 saturated carbocycles. The third kappa shape index (κ3) is 7.30. The van der Waals surface area contributed by atoms with E-state index in [4.69, 9.17) is 15.2 Å². The van der Waals surface area contributed by atoms with Crippen LogP contribution in [0.2, 0.25) is 0 Å². The standard InChI is InChI=1S/C10H22N2O3/c1-4-15-6-5-10(13)12(2)7-9(11)8-14-3/h9H,4-8,11H2,1-3H3. The maximum Gasteiger partial charge on any atom is 0.224 e. The molecule has 0 aromatic carbocycles. The fourth-order valence-electron chi connectivity index (χ4n) is 1.22. The molecule has 5 nitrogen and oxygen atoms in total. The number of rotatable bonds is 8. The fourth-order valence-corrected chi connectivity index (χ4v) is 1.22. The number of carbonyl (C=O) groups is 1. The summed E-state index contributed by atoms with van der Waals surface area (Å²) < 4.78 is 10.00. The van der Waals surface area contributed by atoms with Gasteiger partial charge in [0.15, 0.2) is 0 Å². The van der Waals surface area contributed by atoms with E-state index in [1.165, 1.54) is 0 Å². The van der Waals surface area contributed by atoms with Crippen molar-refractivity contribution in [1.82, 2.24) is 4.90 Å². The zero-order valence-corrected chi connectivity index (χ0v) is 9.86. The number of nitrogens with two attached hydrogens (primary N) is 1. The average molecular weight is 218 g/mol. The summed E-state index contributed by atoms with van der Waals surface area (Å²) in [6.07, 6.45) is 0.407. The van der Waals surface area contributed by atoms with Gasteiger partial charge in [0.25, 0.3) is 0 Å². The van der Waals surface area contributed by atoms with Crippen molar-refractivity contribution in [3.63, 3.8) is 0 Å². The van der Waals surface area contributed by atoms with Crippen LogP contribution in [0.25, 0.3) is 0 Å². The molecule has 0 aromatic rings. The van der Waals surface area contributed by atoms with Crippen LogP contribution >= 0.6 is 0 Å². The Morgan fingerprint density at radius 1 is 1.53 bits per heavy atom.